The van der Waals surface area contributed by atoms with Crippen molar-refractivity contribution in [3.63, 3.8) is 0 Å². The number of carbonyl (C=O) groups is 4. The second-order valence-electron chi connectivity index (χ2n) is 9.70. The summed E-state index contributed by atoms with van der Waals surface area (Å²) in [5.74, 6) is -1.02. The lowest BCUT2D eigenvalue weighted by Crippen LogP contribution is -2.17. The van der Waals surface area contributed by atoms with Gasteiger partial charge in [0.1, 0.15) is 11.5 Å². The summed E-state index contributed by atoms with van der Waals surface area (Å²) < 4.78 is 0. The van der Waals surface area contributed by atoms with E-state index in [1.807, 2.05) is 6.07 Å². The predicted molar refractivity (Wildman–Crippen MR) is 155 cm³/mol. The molecule has 0 atom stereocenters. The molecule has 7 heteroatoms. The Morgan fingerprint density at radius 2 is 1.02 bits per heavy atom. The van der Waals surface area contributed by atoms with Crippen molar-refractivity contribution in [3.05, 3.63) is 101 Å². The molecule has 0 radical (unpaired) electrons. The van der Waals surface area contributed by atoms with Crippen molar-refractivity contribution in [1.29, 1.82) is 0 Å². The van der Waals surface area contributed by atoms with Crippen LogP contribution in [-0.2, 0) is 0 Å². The van der Waals surface area contributed by atoms with Crippen LogP contribution in [0.5, 0.6) is 11.5 Å². The summed E-state index contributed by atoms with van der Waals surface area (Å²) in [6.07, 6.45) is 0. The van der Waals surface area contributed by atoms with Crippen LogP contribution >= 0.6 is 0 Å². The average molecular weight is 536 g/mol. The zero-order valence-corrected chi connectivity index (χ0v) is 22.7. The number of hydrogen-bond donors (Lipinski definition) is 3. The van der Waals surface area contributed by atoms with Crippen molar-refractivity contribution < 1.29 is 29.4 Å². The Labute approximate surface area is 232 Å². The molecule has 0 aliphatic carbocycles. The van der Waals surface area contributed by atoms with E-state index in [2.05, 4.69) is 5.32 Å². The van der Waals surface area contributed by atoms with Gasteiger partial charge in [0, 0.05) is 22.3 Å². The molecule has 3 N–H and O–H groups in total. The molecule has 4 aromatic carbocycles. The quantitative estimate of drug-likeness (QED) is 0.162. The molecule has 7 nitrogen and oxygen atoms in total. The lowest BCUT2D eigenvalue weighted by molar-refractivity contribution is 0.0977. The fourth-order valence-electron chi connectivity index (χ4n) is 4.50. The zero-order valence-electron chi connectivity index (χ0n) is 22.7. The molecular weight excluding hydrogens is 506 g/mol. The molecule has 0 amide bonds. The molecule has 0 unspecified atom stereocenters. The number of nitrogens with one attached hydrogen (secondary N) is 1. The fraction of sp³-hybridized carbons (Fsp3) is 0.152. The third kappa shape index (κ3) is 5.83. The molecule has 40 heavy (non-hydrogen) atoms. The van der Waals surface area contributed by atoms with Crippen LogP contribution in [0.1, 0.15) is 67.8 Å². The number of aryl methyl sites for hydroxylation is 1. The second kappa shape index (κ2) is 11.4. The Kier molecular flexibility index (Phi) is 7.95. The summed E-state index contributed by atoms with van der Waals surface area (Å²) >= 11 is 0. The van der Waals surface area contributed by atoms with Gasteiger partial charge in [0.15, 0.2) is 23.1 Å². The van der Waals surface area contributed by atoms with Crippen LogP contribution < -0.4 is 5.32 Å². The number of phenols is 2. The van der Waals surface area contributed by atoms with Crippen molar-refractivity contribution in [3.8, 4) is 33.8 Å². The summed E-state index contributed by atoms with van der Waals surface area (Å²) in [5.41, 5.74) is 4.86. The van der Waals surface area contributed by atoms with E-state index < -0.39 is 0 Å². The Balaban J connectivity index is 1.56. The highest BCUT2D eigenvalue weighted by Crippen LogP contribution is 2.32. The van der Waals surface area contributed by atoms with Crippen molar-refractivity contribution >= 4 is 28.8 Å². The predicted octanol–water partition coefficient (Wildman–Crippen LogP) is 6.64. The third-order valence-corrected chi connectivity index (χ3v) is 6.79. The van der Waals surface area contributed by atoms with Crippen molar-refractivity contribution in [1.82, 2.24) is 0 Å². The molecule has 4 rings (SSSR count). The Morgan fingerprint density at radius 1 is 0.575 bits per heavy atom. The van der Waals surface area contributed by atoms with Crippen LogP contribution in [0.2, 0.25) is 0 Å². The first-order valence-electron chi connectivity index (χ1n) is 12.7. The van der Waals surface area contributed by atoms with E-state index in [-0.39, 0.29) is 52.3 Å². The molecule has 0 saturated heterocycles. The smallest absolute Gasteiger partial charge is 0.182 e. The van der Waals surface area contributed by atoms with Crippen LogP contribution in [0.4, 0.5) is 5.69 Å². The minimum absolute atomic E-state index is 0.0669. The summed E-state index contributed by atoms with van der Waals surface area (Å²) in [6.45, 7) is 5.78. The molecule has 0 spiro atoms. The average Bonchev–Trinajstić information content (AvgIpc) is 2.92. The molecule has 0 aliphatic rings. The first-order valence-corrected chi connectivity index (χ1v) is 12.7. The molecule has 0 aromatic heterocycles. The van der Waals surface area contributed by atoms with Gasteiger partial charge < -0.3 is 15.5 Å². The maximum Gasteiger partial charge on any atom is 0.182 e. The van der Waals surface area contributed by atoms with Crippen LogP contribution in [0.25, 0.3) is 22.3 Å². The van der Waals surface area contributed by atoms with Gasteiger partial charge in [-0.1, -0.05) is 36.4 Å². The van der Waals surface area contributed by atoms with Crippen LogP contribution in [0, 0.1) is 6.92 Å². The number of carbonyl (C=O) groups excluding carboxylic acids is 4. The van der Waals surface area contributed by atoms with Gasteiger partial charge in [-0.15, -0.1) is 0 Å². The third-order valence-electron chi connectivity index (χ3n) is 6.79. The fourth-order valence-corrected chi connectivity index (χ4v) is 4.50. The topological polar surface area (TPSA) is 121 Å². The van der Waals surface area contributed by atoms with E-state index in [1.54, 1.807) is 73.7 Å². The maximum atomic E-state index is 13.1. The molecule has 0 saturated carbocycles. The normalized spacial score (nSPS) is 10.7. The van der Waals surface area contributed by atoms with Crippen molar-refractivity contribution in [2.45, 2.75) is 27.7 Å². The molecule has 0 bridgehead atoms. The lowest BCUT2D eigenvalue weighted by atomic mass is 9.92. The highest BCUT2D eigenvalue weighted by molar-refractivity contribution is 6.11. The number of ketones is 4. The molecular formula is C33H29NO6. The largest absolute Gasteiger partial charge is 0.508 e. The number of rotatable bonds is 9. The summed E-state index contributed by atoms with van der Waals surface area (Å²) in [7, 11) is 0. The van der Waals surface area contributed by atoms with Crippen molar-refractivity contribution in [2.24, 2.45) is 0 Å². The Hall–Kier alpha value is -5.04. The molecule has 0 fully saturated rings. The summed E-state index contributed by atoms with van der Waals surface area (Å²) in [5, 5.41) is 23.5. The number of hydrogen-bond acceptors (Lipinski definition) is 7. The van der Waals surface area contributed by atoms with E-state index >= 15 is 0 Å². The van der Waals surface area contributed by atoms with Crippen LogP contribution in [0.15, 0.2) is 72.8 Å². The molecule has 202 valence electrons. The van der Waals surface area contributed by atoms with E-state index in [9.17, 15) is 29.4 Å². The van der Waals surface area contributed by atoms with Gasteiger partial charge in [-0.25, -0.2) is 0 Å². The number of aromatic hydroxyl groups is 2. The molecule has 0 heterocycles. The van der Waals surface area contributed by atoms with Crippen LogP contribution in [0.3, 0.4) is 0 Å². The highest BCUT2D eigenvalue weighted by Gasteiger charge is 2.18. The zero-order chi connectivity index (χ0) is 29.1. The summed E-state index contributed by atoms with van der Waals surface area (Å²) in [4.78, 5) is 49.6. The Bertz CT molecular complexity index is 1680. The standard InChI is InChI=1S/C33H29NO6/c1-18-5-6-24(15-31(18)38)25-9-12-30(32(39)16-25)34-17-33(40)27-11-8-23(14-29(27)21(4)37)22-7-10-26(19(2)35)28(13-22)20(3)36/h5-16,34,38-39H,17H2,1-4H3. The minimum atomic E-state index is -0.347. The van der Waals surface area contributed by atoms with Gasteiger partial charge in [-0.05, 0) is 91.9 Å². The SMILES string of the molecule is CC(=O)c1ccc(-c2ccc(C(=O)CNc3ccc(-c4ccc(C)c(O)c4)cc3O)c(C(C)=O)c2)cc1C(C)=O. The maximum absolute atomic E-state index is 13.1. The number of Topliss-reactive ketones (excluding diaryl/α,β-unsaturated/α-hetero) is 4. The highest BCUT2D eigenvalue weighted by atomic mass is 16.3. The summed E-state index contributed by atoms with van der Waals surface area (Å²) in [6, 6.07) is 20.0. The number of phenolic OH excluding ortho intramolecular Hbond substituents is 2. The second-order valence-corrected chi connectivity index (χ2v) is 9.70. The van der Waals surface area contributed by atoms with Crippen molar-refractivity contribution in [2.75, 3.05) is 11.9 Å². The van der Waals surface area contributed by atoms with Gasteiger partial charge >= 0.3 is 0 Å². The van der Waals surface area contributed by atoms with E-state index in [0.717, 1.165) is 11.1 Å². The lowest BCUT2D eigenvalue weighted by Gasteiger charge is -2.13. The van der Waals surface area contributed by atoms with Gasteiger partial charge in [-0.3, -0.25) is 19.2 Å². The minimum Gasteiger partial charge on any atom is -0.508 e. The van der Waals surface area contributed by atoms with E-state index in [4.69, 9.17) is 0 Å². The van der Waals surface area contributed by atoms with E-state index in [0.29, 0.717) is 33.5 Å². The van der Waals surface area contributed by atoms with Gasteiger partial charge in [-0.2, -0.15) is 0 Å². The Morgan fingerprint density at radius 3 is 1.55 bits per heavy atom. The van der Waals surface area contributed by atoms with E-state index in [1.165, 1.54) is 20.8 Å². The van der Waals surface area contributed by atoms with Gasteiger partial charge in [0.25, 0.3) is 0 Å². The molecule has 0 aliphatic heterocycles. The first-order chi connectivity index (χ1) is 19.0. The van der Waals surface area contributed by atoms with Crippen LogP contribution in [-0.4, -0.2) is 39.9 Å². The monoisotopic (exact) mass is 535 g/mol. The number of anilines is 1. The van der Waals surface area contributed by atoms with Gasteiger partial charge in [0.2, 0.25) is 0 Å². The molecule has 4 aromatic rings. The first kappa shape index (κ1) is 28.0. The number of benzene rings is 4. The van der Waals surface area contributed by atoms with Gasteiger partial charge in [0.05, 0.1) is 12.2 Å².